The predicted molar refractivity (Wildman–Crippen MR) is 305 cm³/mol. The summed E-state index contributed by atoms with van der Waals surface area (Å²) in [5.74, 6) is 0. The van der Waals surface area contributed by atoms with Gasteiger partial charge in [-0.05, 0) is 155 Å². The molecule has 72 heavy (non-hydrogen) atoms. The van der Waals surface area contributed by atoms with Gasteiger partial charge >= 0.3 is 0 Å². The first-order chi connectivity index (χ1) is 35.5. The molecule has 2 aliphatic rings. The van der Waals surface area contributed by atoms with E-state index in [9.17, 15) is 0 Å². The molecule has 0 N–H and O–H groups in total. The first-order valence-electron chi connectivity index (χ1n) is 25.4. The van der Waals surface area contributed by atoms with Gasteiger partial charge in [0, 0.05) is 5.41 Å². The van der Waals surface area contributed by atoms with Gasteiger partial charge in [0.25, 0.3) is 0 Å². The molecule has 15 rings (SSSR count). The van der Waals surface area contributed by atoms with E-state index in [0.29, 0.717) is 0 Å². The van der Waals surface area contributed by atoms with Crippen molar-refractivity contribution >= 4 is 53.9 Å². The summed E-state index contributed by atoms with van der Waals surface area (Å²) < 4.78 is 0. The molecule has 0 unspecified atom stereocenters. The second-order valence-electron chi connectivity index (χ2n) is 20.6. The molecular weight excluding hydrogens is 865 g/mol. The van der Waals surface area contributed by atoms with Crippen LogP contribution in [0, 0.1) is 0 Å². The highest BCUT2D eigenvalue weighted by Gasteiger charge is 2.49. The highest BCUT2D eigenvalue weighted by Crippen LogP contribution is 2.62. The largest absolute Gasteiger partial charge is 0.0725 e. The van der Waals surface area contributed by atoms with Crippen LogP contribution in [0.1, 0.15) is 47.2 Å². The lowest BCUT2D eigenvalue weighted by Crippen LogP contribution is -2.29. The van der Waals surface area contributed by atoms with Crippen molar-refractivity contribution < 1.29 is 0 Å². The summed E-state index contributed by atoms with van der Waals surface area (Å²) >= 11 is 0. The Morgan fingerprint density at radius 3 is 1.32 bits per heavy atom. The molecule has 0 radical (unpaired) electrons. The Bertz CT molecular complexity index is 4290. The highest BCUT2D eigenvalue weighted by atomic mass is 14.5. The SMILES string of the molecule is CC1(C)c2ccccc2-c2ccc(-c3c4ccccc4c(-c4ccc(-c5ccc6c7c(ccc6c5)-c5c(c6ccccc6c6ccccc56)C7(c5ccccc5)c5ccccc5)cc4)c4ccccc34)cc21. The van der Waals surface area contributed by atoms with Crippen molar-refractivity contribution in [3.05, 3.63) is 288 Å². The van der Waals surface area contributed by atoms with Crippen LogP contribution >= 0.6 is 0 Å². The van der Waals surface area contributed by atoms with Crippen molar-refractivity contribution in [2.45, 2.75) is 24.7 Å². The summed E-state index contributed by atoms with van der Waals surface area (Å²) in [6.45, 7) is 4.75. The van der Waals surface area contributed by atoms with Gasteiger partial charge in [0.1, 0.15) is 0 Å². The van der Waals surface area contributed by atoms with Crippen molar-refractivity contribution in [3.63, 3.8) is 0 Å². The molecule has 0 heteroatoms. The molecule has 0 amide bonds. The lowest BCUT2D eigenvalue weighted by atomic mass is 9.65. The Hall–Kier alpha value is -8.84. The molecule has 0 saturated carbocycles. The summed E-state index contributed by atoms with van der Waals surface area (Å²) in [6, 6.07) is 96.1. The average Bonchev–Trinajstić information content (AvgIpc) is 3.90. The van der Waals surface area contributed by atoms with E-state index in [-0.39, 0.29) is 5.41 Å². The molecular formula is C72H48. The summed E-state index contributed by atoms with van der Waals surface area (Å²) in [5, 5.41) is 12.8. The Morgan fingerprint density at radius 2 is 0.694 bits per heavy atom. The Kier molecular flexibility index (Phi) is 8.73. The lowest BCUT2D eigenvalue weighted by molar-refractivity contribution is 0.660. The molecule has 336 valence electrons. The minimum absolute atomic E-state index is 0.0776. The Morgan fingerprint density at radius 1 is 0.250 bits per heavy atom. The molecule has 0 aliphatic heterocycles. The third-order valence-electron chi connectivity index (χ3n) is 16.7. The second kappa shape index (κ2) is 15.3. The maximum atomic E-state index is 2.47. The van der Waals surface area contributed by atoms with Crippen molar-refractivity contribution in [2.24, 2.45) is 0 Å². The van der Waals surface area contributed by atoms with Gasteiger partial charge in [0.2, 0.25) is 0 Å². The average molecular weight is 913 g/mol. The van der Waals surface area contributed by atoms with E-state index in [4.69, 9.17) is 0 Å². The summed E-state index contributed by atoms with van der Waals surface area (Å²) in [6.07, 6.45) is 0. The molecule has 13 aromatic carbocycles. The van der Waals surface area contributed by atoms with Gasteiger partial charge in [0.05, 0.1) is 5.41 Å². The van der Waals surface area contributed by atoms with Crippen LogP contribution in [-0.4, -0.2) is 0 Å². The van der Waals surface area contributed by atoms with Gasteiger partial charge < -0.3 is 0 Å². The molecule has 0 fully saturated rings. The van der Waals surface area contributed by atoms with Crippen molar-refractivity contribution in [1.82, 2.24) is 0 Å². The maximum Gasteiger partial charge on any atom is 0.0725 e. The van der Waals surface area contributed by atoms with E-state index >= 15 is 0 Å². The molecule has 2 aliphatic carbocycles. The van der Waals surface area contributed by atoms with E-state index in [1.54, 1.807) is 0 Å². The van der Waals surface area contributed by atoms with Crippen LogP contribution in [0.15, 0.2) is 255 Å². The van der Waals surface area contributed by atoms with Gasteiger partial charge in [0.15, 0.2) is 0 Å². The maximum absolute atomic E-state index is 2.47. The molecule has 0 spiro atoms. The number of benzene rings is 13. The summed E-state index contributed by atoms with van der Waals surface area (Å²) in [7, 11) is 0. The lowest BCUT2D eigenvalue weighted by Gasteiger charge is -2.35. The topological polar surface area (TPSA) is 0 Å². The second-order valence-corrected chi connectivity index (χ2v) is 20.6. The summed E-state index contributed by atoms with van der Waals surface area (Å²) in [5.41, 5.74) is 20.2. The number of rotatable bonds is 5. The quantitative estimate of drug-likeness (QED) is 0.119. The first-order valence-corrected chi connectivity index (χ1v) is 25.4. The fourth-order valence-corrected chi connectivity index (χ4v) is 13.6. The number of fused-ring (bicyclic) bond motifs is 15. The van der Waals surface area contributed by atoms with Gasteiger partial charge in [-0.25, -0.2) is 0 Å². The number of hydrogen-bond acceptors (Lipinski definition) is 0. The van der Waals surface area contributed by atoms with Crippen molar-refractivity contribution in [1.29, 1.82) is 0 Å². The van der Waals surface area contributed by atoms with E-state index in [1.165, 1.54) is 143 Å². The van der Waals surface area contributed by atoms with Crippen LogP contribution in [0.2, 0.25) is 0 Å². The van der Waals surface area contributed by atoms with Crippen molar-refractivity contribution in [2.75, 3.05) is 0 Å². The molecule has 0 atom stereocenters. The third-order valence-corrected chi connectivity index (χ3v) is 16.7. The monoisotopic (exact) mass is 912 g/mol. The Balaban J connectivity index is 0.891. The molecule has 0 bridgehead atoms. The van der Waals surface area contributed by atoms with Crippen LogP contribution < -0.4 is 0 Å². The van der Waals surface area contributed by atoms with E-state index in [0.717, 1.165) is 0 Å². The minimum atomic E-state index is -0.566. The standard InChI is InChI=1S/C72H48/c1-71(2)64-32-18-17-25-55(64)56-41-39-49(44-65(56)71)67-60-29-14-12-27-58(60)66(59-28-13-15-30-61(59)67)46-35-33-45(34-36-46)47-37-40-52-48(43-47)38-42-63-68-57-26-11-9-23-53(57)54-24-10-16-31-62(54)70(68)72(69(52)63,50-19-5-3-6-20-50)51-21-7-4-8-22-51/h3-44H,1-2H3. The van der Waals surface area contributed by atoms with Gasteiger partial charge in [-0.3, -0.25) is 0 Å². The van der Waals surface area contributed by atoms with E-state index < -0.39 is 5.41 Å². The fraction of sp³-hybridized carbons (Fsp3) is 0.0556. The van der Waals surface area contributed by atoms with Crippen LogP contribution in [-0.2, 0) is 10.8 Å². The third kappa shape index (κ3) is 5.58. The fourth-order valence-electron chi connectivity index (χ4n) is 13.6. The normalized spacial score (nSPS) is 13.9. The molecule has 0 heterocycles. The van der Waals surface area contributed by atoms with Crippen LogP contribution in [0.25, 0.3) is 109 Å². The molecule has 0 aromatic heterocycles. The molecule has 0 saturated heterocycles. The summed E-state index contributed by atoms with van der Waals surface area (Å²) in [4.78, 5) is 0. The van der Waals surface area contributed by atoms with Gasteiger partial charge in [-0.1, -0.05) is 257 Å². The van der Waals surface area contributed by atoms with Crippen LogP contribution in [0.3, 0.4) is 0 Å². The van der Waals surface area contributed by atoms with Crippen molar-refractivity contribution in [3.8, 4) is 55.6 Å². The molecule has 0 nitrogen and oxygen atoms in total. The zero-order valence-corrected chi connectivity index (χ0v) is 40.2. The highest BCUT2D eigenvalue weighted by molar-refractivity contribution is 6.23. The Labute approximate surface area is 420 Å². The zero-order chi connectivity index (χ0) is 47.7. The minimum Gasteiger partial charge on any atom is -0.0622 e. The first kappa shape index (κ1) is 41.0. The van der Waals surface area contributed by atoms with E-state index in [2.05, 4.69) is 269 Å². The zero-order valence-electron chi connectivity index (χ0n) is 40.2. The molecule has 13 aromatic rings. The number of hydrogen-bond donors (Lipinski definition) is 0. The van der Waals surface area contributed by atoms with Crippen LogP contribution in [0.4, 0.5) is 0 Å². The van der Waals surface area contributed by atoms with Crippen LogP contribution in [0.5, 0.6) is 0 Å². The van der Waals surface area contributed by atoms with Gasteiger partial charge in [-0.2, -0.15) is 0 Å². The smallest absolute Gasteiger partial charge is 0.0622 e. The van der Waals surface area contributed by atoms with E-state index in [1.807, 2.05) is 0 Å². The van der Waals surface area contributed by atoms with Gasteiger partial charge in [-0.15, -0.1) is 0 Å². The predicted octanol–water partition coefficient (Wildman–Crippen LogP) is 19.1.